The van der Waals surface area contributed by atoms with Gasteiger partial charge in [0.2, 0.25) is 6.79 Å². The number of methoxy groups -OCH3 is 2. The van der Waals surface area contributed by atoms with E-state index in [2.05, 4.69) is 37.1 Å². The molecule has 48 heavy (non-hydrogen) atoms. The molecule has 5 rings (SSSR count). The van der Waals surface area contributed by atoms with Crippen molar-refractivity contribution >= 4 is 40.1 Å². The standard InChI is InChI=1S/C33H33BrN4O10/c1-5-44-32(40)29-18(2)36-33(41)37-30(29)21-7-9-23(25(13-21)42-3)45-16-28(39)38-35-14-20-10-22(34)31(27(12-20)43-4)46-15-19-6-8-24-26(11-19)48-17-47-24/h6-14,30H,5,15-17H2,1-4H3,(H,38,39)(H2,36,37,41)/b35-14-/t30-/m0/s1. The van der Waals surface area contributed by atoms with Gasteiger partial charge in [0, 0.05) is 5.70 Å². The Kier molecular flexibility index (Phi) is 10.9. The van der Waals surface area contributed by atoms with Crippen LogP contribution in [0.25, 0.3) is 0 Å². The van der Waals surface area contributed by atoms with Gasteiger partial charge in [-0.3, -0.25) is 4.79 Å². The van der Waals surface area contributed by atoms with Crippen LogP contribution in [0.15, 0.2) is 69.4 Å². The topological polar surface area (TPSA) is 164 Å². The Morgan fingerprint density at radius 3 is 2.58 bits per heavy atom. The second-order valence-corrected chi connectivity index (χ2v) is 11.1. The van der Waals surface area contributed by atoms with Crippen LogP contribution in [0.1, 0.15) is 36.6 Å². The lowest BCUT2D eigenvalue weighted by Gasteiger charge is -2.28. The van der Waals surface area contributed by atoms with Crippen molar-refractivity contribution in [2.45, 2.75) is 26.5 Å². The number of allylic oxidation sites excluding steroid dienone is 1. The van der Waals surface area contributed by atoms with Gasteiger partial charge in [-0.15, -0.1) is 0 Å². The molecule has 0 unspecified atom stereocenters. The van der Waals surface area contributed by atoms with E-state index in [0.29, 0.717) is 44.3 Å². The third-order valence-corrected chi connectivity index (χ3v) is 7.71. The third-order valence-electron chi connectivity index (χ3n) is 7.12. The molecule has 2 aliphatic rings. The molecule has 0 saturated carbocycles. The molecule has 0 aliphatic carbocycles. The molecular weight excluding hydrogens is 692 g/mol. The number of amides is 3. The lowest BCUT2D eigenvalue weighted by atomic mass is 9.95. The van der Waals surface area contributed by atoms with Crippen LogP contribution in [0.2, 0.25) is 0 Å². The minimum absolute atomic E-state index is 0.176. The minimum atomic E-state index is -0.784. The van der Waals surface area contributed by atoms with Gasteiger partial charge in [0.1, 0.15) is 6.61 Å². The maximum Gasteiger partial charge on any atom is 0.338 e. The fourth-order valence-electron chi connectivity index (χ4n) is 4.90. The van der Waals surface area contributed by atoms with Crippen molar-refractivity contribution in [2.24, 2.45) is 5.10 Å². The molecule has 0 radical (unpaired) electrons. The van der Waals surface area contributed by atoms with Gasteiger partial charge in [-0.25, -0.2) is 15.0 Å². The molecule has 3 aromatic carbocycles. The molecule has 2 aliphatic heterocycles. The van der Waals surface area contributed by atoms with Crippen LogP contribution in [0, 0.1) is 0 Å². The van der Waals surface area contributed by atoms with Crippen molar-refractivity contribution in [3.05, 3.63) is 81.0 Å². The highest BCUT2D eigenvalue weighted by Gasteiger charge is 2.32. The van der Waals surface area contributed by atoms with Crippen LogP contribution in [0.3, 0.4) is 0 Å². The molecule has 0 fully saturated rings. The van der Waals surface area contributed by atoms with Gasteiger partial charge in [-0.1, -0.05) is 12.1 Å². The van der Waals surface area contributed by atoms with Crippen LogP contribution in [-0.2, 0) is 20.9 Å². The predicted octanol–water partition coefficient (Wildman–Crippen LogP) is 4.49. The number of urea groups is 1. The Labute approximate surface area is 284 Å². The summed E-state index contributed by atoms with van der Waals surface area (Å²) in [5, 5.41) is 9.35. The number of carbonyl (C=O) groups is 3. The number of hydrogen-bond donors (Lipinski definition) is 3. The molecule has 0 aromatic heterocycles. The van der Waals surface area contributed by atoms with E-state index >= 15 is 0 Å². The molecule has 0 bridgehead atoms. The van der Waals surface area contributed by atoms with E-state index in [9.17, 15) is 14.4 Å². The van der Waals surface area contributed by atoms with Gasteiger partial charge in [0.05, 0.1) is 43.1 Å². The molecular formula is C33H33BrN4O10. The van der Waals surface area contributed by atoms with Gasteiger partial charge in [-0.05, 0) is 82.9 Å². The third kappa shape index (κ3) is 7.91. The molecule has 0 saturated heterocycles. The lowest BCUT2D eigenvalue weighted by molar-refractivity contribution is -0.139. The number of carbonyl (C=O) groups excluding carboxylic acids is 3. The summed E-state index contributed by atoms with van der Waals surface area (Å²) >= 11 is 3.52. The molecule has 14 nitrogen and oxygen atoms in total. The van der Waals surface area contributed by atoms with E-state index in [1.165, 1.54) is 20.4 Å². The summed E-state index contributed by atoms with van der Waals surface area (Å²) < 4.78 is 39.3. The summed E-state index contributed by atoms with van der Waals surface area (Å²) in [4.78, 5) is 37.4. The van der Waals surface area contributed by atoms with E-state index in [1.54, 1.807) is 44.2 Å². The number of esters is 1. The normalized spacial score (nSPS) is 15.0. The van der Waals surface area contributed by atoms with Crippen molar-refractivity contribution in [2.75, 3.05) is 34.2 Å². The lowest BCUT2D eigenvalue weighted by Crippen LogP contribution is -2.45. The second kappa shape index (κ2) is 15.4. The number of rotatable bonds is 13. The van der Waals surface area contributed by atoms with Crippen LogP contribution in [0.4, 0.5) is 4.79 Å². The van der Waals surface area contributed by atoms with E-state index < -0.39 is 23.9 Å². The van der Waals surface area contributed by atoms with Gasteiger partial charge in [-0.2, -0.15) is 5.10 Å². The van der Waals surface area contributed by atoms with Crippen molar-refractivity contribution in [3.8, 4) is 34.5 Å². The van der Waals surface area contributed by atoms with E-state index in [0.717, 1.165) is 5.56 Å². The SMILES string of the molecule is CCOC(=O)C1=C(C)NC(=O)N[C@H]1c1ccc(OCC(=O)N/N=C\c2cc(Br)c(OCc3ccc4c(c3)OCO4)c(OC)c2)c(OC)c1. The summed E-state index contributed by atoms with van der Waals surface area (Å²) in [6.07, 6.45) is 1.45. The first-order chi connectivity index (χ1) is 23.2. The van der Waals surface area contributed by atoms with E-state index in [1.807, 2.05) is 18.2 Å². The summed E-state index contributed by atoms with van der Waals surface area (Å²) in [7, 11) is 2.96. The first-order valence-electron chi connectivity index (χ1n) is 14.7. The predicted molar refractivity (Wildman–Crippen MR) is 176 cm³/mol. The van der Waals surface area contributed by atoms with Crippen LogP contribution in [0.5, 0.6) is 34.5 Å². The number of nitrogens with zero attached hydrogens (tertiary/aromatic N) is 1. The number of hydrogen-bond acceptors (Lipinski definition) is 11. The Morgan fingerprint density at radius 1 is 1.02 bits per heavy atom. The Bertz CT molecular complexity index is 1780. The van der Waals surface area contributed by atoms with Crippen LogP contribution >= 0.6 is 15.9 Å². The van der Waals surface area contributed by atoms with Crippen molar-refractivity contribution in [3.63, 3.8) is 0 Å². The maximum absolute atomic E-state index is 12.6. The molecule has 3 amide bonds. The zero-order valence-electron chi connectivity index (χ0n) is 26.5. The Morgan fingerprint density at radius 2 is 1.81 bits per heavy atom. The fraction of sp³-hybridized carbons (Fsp3) is 0.273. The van der Waals surface area contributed by atoms with Crippen LogP contribution < -0.4 is 44.5 Å². The molecule has 252 valence electrons. The average molecular weight is 726 g/mol. The number of fused-ring (bicyclic) bond motifs is 1. The molecule has 0 spiro atoms. The summed E-state index contributed by atoms with van der Waals surface area (Å²) in [5.74, 6) is 1.78. The highest BCUT2D eigenvalue weighted by atomic mass is 79.9. The second-order valence-electron chi connectivity index (χ2n) is 10.3. The molecule has 15 heteroatoms. The van der Waals surface area contributed by atoms with Gasteiger partial charge >= 0.3 is 12.0 Å². The van der Waals surface area contributed by atoms with E-state index in [4.69, 9.17) is 33.2 Å². The number of halogens is 1. The maximum atomic E-state index is 12.6. The zero-order valence-corrected chi connectivity index (χ0v) is 28.1. The number of benzene rings is 3. The summed E-state index contributed by atoms with van der Waals surface area (Å²) in [6.45, 7) is 3.58. The minimum Gasteiger partial charge on any atom is -0.493 e. The fourth-order valence-corrected chi connectivity index (χ4v) is 5.48. The smallest absolute Gasteiger partial charge is 0.338 e. The van der Waals surface area contributed by atoms with Crippen molar-refractivity contribution in [1.82, 2.24) is 16.1 Å². The highest BCUT2D eigenvalue weighted by Crippen LogP contribution is 2.38. The van der Waals surface area contributed by atoms with E-state index in [-0.39, 0.29) is 43.7 Å². The zero-order chi connectivity index (χ0) is 34.2. The quantitative estimate of drug-likeness (QED) is 0.130. The molecule has 2 heterocycles. The average Bonchev–Trinajstić information content (AvgIpc) is 3.54. The first kappa shape index (κ1) is 33.9. The van der Waals surface area contributed by atoms with Crippen molar-refractivity contribution < 1.29 is 47.5 Å². The monoisotopic (exact) mass is 724 g/mol. The molecule has 3 N–H and O–H groups in total. The number of ether oxygens (including phenoxy) is 7. The largest absolute Gasteiger partial charge is 0.493 e. The van der Waals surface area contributed by atoms with Crippen molar-refractivity contribution in [1.29, 1.82) is 0 Å². The first-order valence-corrected chi connectivity index (χ1v) is 15.5. The van der Waals surface area contributed by atoms with Gasteiger partial charge in [0.25, 0.3) is 5.91 Å². The number of hydrazone groups is 1. The van der Waals surface area contributed by atoms with Crippen LogP contribution in [-0.4, -0.2) is 58.3 Å². The molecule has 1 atom stereocenters. The Balaban J connectivity index is 1.18. The Hall–Kier alpha value is -5.44. The van der Waals surface area contributed by atoms with Gasteiger partial charge < -0.3 is 43.8 Å². The highest BCUT2D eigenvalue weighted by molar-refractivity contribution is 9.10. The summed E-state index contributed by atoms with van der Waals surface area (Å²) in [5.41, 5.74) is 5.14. The number of nitrogens with one attached hydrogen (secondary N) is 3. The molecule has 3 aromatic rings. The summed E-state index contributed by atoms with van der Waals surface area (Å²) in [6, 6.07) is 12.7. The van der Waals surface area contributed by atoms with Gasteiger partial charge in [0.15, 0.2) is 41.1 Å².